The van der Waals surface area contributed by atoms with Crippen LogP contribution in [0.3, 0.4) is 0 Å². The van der Waals surface area contributed by atoms with Crippen molar-refractivity contribution in [2.24, 2.45) is 0 Å². The van der Waals surface area contributed by atoms with Crippen LogP contribution in [0.1, 0.15) is 290 Å². The lowest BCUT2D eigenvalue weighted by Gasteiger charge is -2.18. The summed E-state index contributed by atoms with van der Waals surface area (Å²) in [5, 5.41) is 0. The highest BCUT2D eigenvalue weighted by molar-refractivity contribution is 5.71. The average molecular weight is 885 g/mol. The first-order valence-electron chi connectivity index (χ1n) is 27.5. The zero-order chi connectivity index (χ0) is 45.8. The molecular formula is C57H104O6. The van der Waals surface area contributed by atoms with Gasteiger partial charge < -0.3 is 14.2 Å². The first kappa shape index (κ1) is 60.6. The number of ether oxygens (including phenoxy) is 3. The molecule has 0 aliphatic carbocycles. The lowest BCUT2D eigenvalue weighted by Crippen LogP contribution is -2.30. The Morgan fingerprint density at radius 1 is 0.333 bits per heavy atom. The van der Waals surface area contributed by atoms with Crippen LogP contribution in [0.15, 0.2) is 36.5 Å². The van der Waals surface area contributed by atoms with E-state index < -0.39 is 6.10 Å². The Bertz CT molecular complexity index is 1060. The summed E-state index contributed by atoms with van der Waals surface area (Å²) in [5.41, 5.74) is 0. The Balaban J connectivity index is 4.12. The van der Waals surface area contributed by atoms with Crippen molar-refractivity contribution >= 4 is 17.9 Å². The number of hydrogen-bond acceptors (Lipinski definition) is 6. The van der Waals surface area contributed by atoms with E-state index in [4.69, 9.17) is 14.2 Å². The summed E-state index contributed by atoms with van der Waals surface area (Å²) in [7, 11) is 0. The molecule has 0 aromatic rings. The zero-order valence-corrected chi connectivity index (χ0v) is 42.1. The van der Waals surface area contributed by atoms with Crippen molar-refractivity contribution in [3.8, 4) is 0 Å². The van der Waals surface area contributed by atoms with Crippen molar-refractivity contribution in [1.29, 1.82) is 0 Å². The predicted molar refractivity (Wildman–Crippen MR) is 270 cm³/mol. The molecular weight excluding hydrogens is 781 g/mol. The molecule has 0 saturated heterocycles. The van der Waals surface area contributed by atoms with Crippen LogP contribution in [0, 0.1) is 0 Å². The molecule has 0 aliphatic rings. The second-order valence-electron chi connectivity index (χ2n) is 18.5. The van der Waals surface area contributed by atoms with Gasteiger partial charge in [0, 0.05) is 19.3 Å². The third kappa shape index (κ3) is 50.5. The Labute approximate surface area is 391 Å². The van der Waals surface area contributed by atoms with Crippen molar-refractivity contribution in [3.05, 3.63) is 36.5 Å². The minimum absolute atomic E-state index is 0.0727. The van der Waals surface area contributed by atoms with Crippen LogP contribution in [0.5, 0.6) is 0 Å². The van der Waals surface area contributed by atoms with Crippen molar-refractivity contribution < 1.29 is 28.6 Å². The van der Waals surface area contributed by atoms with Crippen LogP contribution >= 0.6 is 0 Å². The molecule has 0 radical (unpaired) electrons. The largest absolute Gasteiger partial charge is 0.462 e. The SMILES string of the molecule is CC/C=C\C/C=C\C/C=C\CCCCCCCCCC(=O)OC(COC(=O)CCCCCCCC)COC(=O)CCCCCCCCCCCCCCCCCCCCCCCC. The normalized spacial score (nSPS) is 12.2. The average Bonchev–Trinajstić information content (AvgIpc) is 3.28. The Morgan fingerprint density at radius 3 is 0.968 bits per heavy atom. The molecule has 0 N–H and O–H groups in total. The van der Waals surface area contributed by atoms with E-state index in [2.05, 4.69) is 57.2 Å². The number of allylic oxidation sites excluding steroid dienone is 6. The number of esters is 3. The number of carbonyl (C=O) groups excluding carboxylic acids is 3. The molecule has 6 nitrogen and oxygen atoms in total. The highest BCUT2D eigenvalue weighted by atomic mass is 16.6. The molecule has 368 valence electrons. The van der Waals surface area contributed by atoms with Gasteiger partial charge in [0.2, 0.25) is 0 Å². The summed E-state index contributed by atoms with van der Waals surface area (Å²) in [6, 6.07) is 0. The van der Waals surface area contributed by atoms with E-state index in [1.54, 1.807) is 0 Å². The van der Waals surface area contributed by atoms with E-state index >= 15 is 0 Å². The van der Waals surface area contributed by atoms with Gasteiger partial charge in [0.1, 0.15) is 13.2 Å². The quantitative estimate of drug-likeness (QED) is 0.0262. The standard InChI is InChI=1S/C57H104O6/c1-4-7-10-13-16-18-20-22-24-26-27-28-29-30-32-33-35-37-39-41-44-47-50-56(59)62-53-54(52-61-55(58)49-46-43-15-12-9-6-3)63-57(60)51-48-45-42-40-38-36-34-31-25-23-21-19-17-14-11-8-5-2/h8,11,17,19,23,25,54H,4-7,9-10,12-16,18,20-22,24,26-53H2,1-3H3/b11-8-,19-17-,25-23-. The van der Waals surface area contributed by atoms with E-state index in [-0.39, 0.29) is 31.1 Å². The summed E-state index contributed by atoms with van der Waals surface area (Å²) in [4.78, 5) is 37.8. The molecule has 63 heavy (non-hydrogen) atoms. The van der Waals surface area contributed by atoms with Gasteiger partial charge in [-0.2, -0.15) is 0 Å². The molecule has 1 unspecified atom stereocenters. The summed E-state index contributed by atoms with van der Waals surface area (Å²) >= 11 is 0. The van der Waals surface area contributed by atoms with Gasteiger partial charge in [-0.25, -0.2) is 0 Å². The third-order valence-corrected chi connectivity index (χ3v) is 12.2. The predicted octanol–water partition coefficient (Wildman–Crippen LogP) is 18.1. The van der Waals surface area contributed by atoms with Gasteiger partial charge in [-0.1, -0.05) is 256 Å². The molecule has 0 aromatic heterocycles. The van der Waals surface area contributed by atoms with E-state index in [9.17, 15) is 14.4 Å². The first-order chi connectivity index (χ1) is 31.0. The maximum atomic E-state index is 12.8. The number of hydrogen-bond donors (Lipinski definition) is 0. The number of unbranched alkanes of at least 4 members (excludes halogenated alkanes) is 33. The lowest BCUT2D eigenvalue weighted by molar-refractivity contribution is -0.167. The van der Waals surface area contributed by atoms with E-state index in [1.165, 1.54) is 167 Å². The molecule has 0 spiro atoms. The molecule has 1 atom stereocenters. The maximum Gasteiger partial charge on any atom is 0.306 e. The Morgan fingerprint density at radius 2 is 0.619 bits per heavy atom. The van der Waals surface area contributed by atoms with Gasteiger partial charge in [-0.05, 0) is 51.4 Å². The second-order valence-corrected chi connectivity index (χ2v) is 18.5. The number of carbonyl (C=O) groups is 3. The minimum atomic E-state index is -0.771. The van der Waals surface area contributed by atoms with Crippen molar-refractivity contribution in [3.63, 3.8) is 0 Å². The van der Waals surface area contributed by atoms with Crippen LogP contribution in [-0.4, -0.2) is 37.2 Å². The van der Waals surface area contributed by atoms with Gasteiger partial charge in [-0.15, -0.1) is 0 Å². The molecule has 0 fully saturated rings. The van der Waals surface area contributed by atoms with Gasteiger partial charge in [-0.3, -0.25) is 14.4 Å². The topological polar surface area (TPSA) is 78.9 Å². The first-order valence-corrected chi connectivity index (χ1v) is 27.5. The van der Waals surface area contributed by atoms with E-state index in [1.807, 2.05) is 0 Å². The molecule has 0 heterocycles. The Kier molecular flexibility index (Phi) is 50.3. The summed E-state index contributed by atoms with van der Waals surface area (Å²) in [6.07, 6.45) is 61.7. The fourth-order valence-electron chi connectivity index (χ4n) is 8.05. The highest BCUT2D eigenvalue weighted by Gasteiger charge is 2.19. The van der Waals surface area contributed by atoms with Crippen molar-refractivity contribution in [1.82, 2.24) is 0 Å². The summed E-state index contributed by atoms with van der Waals surface area (Å²) in [6.45, 7) is 6.50. The monoisotopic (exact) mass is 885 g/mol. The van der Waals surface area contributed by atoms with E-state index in [0.717, 1.165) is 83.5 Å². The van der Waals surface area contributed by atoms with Crippen LogP contribution in [-0.2, 0) is 28.6 Å². The van der Waals surface area contributed by atoms with Crippen LogP contribution < -0.4 is 0 Å². The van der Waals surface area contributed by atoms with E-state index in [0.29, 0.717) is 19.3 Å². The molecule has 0 aliphatic heterocycles. The molecule has 0 aromatic carbocycles. The van der Waals surface area contributed by atoms with Gasteiger partial charge in [0.15, 0.2) is 6.10 Å². The van der Waals surface area contributed by atoms with Gasteiger partial charge in [0.25, 0.3) is 0 Å². The Hall–Kier alpha value is -2.37. The zero-order valence-electron chi connectivity index (χ0n) is 42.1. The molecule has 0 amide bonds. The fraction of sp³-hybridized carbons (Fsp3) is 0.842. The molecule has 0 saturated carbocycles. The summed E-state index contributed by atoms with van der Waals surface area (Å²) < 4.78 is 16.7. The third-order valence-electron chi connectivity index (χ3n) is 12.2. The highest BCUT2D eigenvalue weighted by Crippen LogP contribution is 2.17. The maximum absolute atomic E-state index is 12.8. The summed E-state index contributed by atoms with van der Waals surface area (Å²) in [5.74, 6) is -0.879. The molecule has 6 heteroatoms. The second kappa shape index (κ2) is 52.3. The minimum Gasteiger partial charge on any atom is -0.462 e. The van der Waals surface area contributed by atoms with Crippen molar-refractivity contribution in [2.45, 2.75) is 297 Å². The van der Waals surface area contributed by atoms with Crippen molar-refractivity contribution in [2.75, 3.05) is 13.2 Å². The van der Waals surface area contributed by atoms with Crippen LogP contribution in [0.25, 0.3) is 0 Å². The van der Waals surface area contributed by atoms with Gasteiger partial charge >= 0.3 is 17.9 Å². The van der Waals surface area contributed by atoms with Crippen LogP contribution in [0.2, 0.25) is 0 Å². The number of rotatable bonds is 50. The van der Waals surface area contributed by atoms with Crippen LogP contribution in [0.4, 0.5) is 0 Å². The molecule has 0 rings (SSSR count). The fourth-order valence-corrected chi connectivity index (χ4v) is 8.05. The lowest BCUT2D eigenvalue weighted by atomic mass is 10.0. The smallest absolute Gasteiger partial charge is 0.306 e. The molecule has 0 bridgehead atoms. The van der Waals surface area contributed by atoms with Gasteiger partial charge in [0.05, 0.1) is 0 Å².